The first-order valence-corrected chi connectivity index (χ1v) is 8.13. The van der Waals surface area contributed by atoms with Gasteiger partial charge in [0.1, 0.15) is 0 Å². The summed E-state index contributed by atoms with van der Waals surface area (Å²) in [5, 5.41) is 6.82. The van der Waals surface area contributed by atoms with E-state index in [-0.39, 0.29) is 12.1 Å². The van der Waals surface area contributed by atoms with Crippen molar-refractivity contribution in [1.82, 2.24) is 10.6 Å². The van der Waals surface area contributed by atoms with Gasteiger partial charge in [0.25, 0.3) is 0 Å². The van der Waals surface area contributed by atoms with Crippen molar-refractivity contribution in [2.45, 2.75) is 52.6 Å². The number of likely N-dealkylation sites (N-methyl/N-ethyl adjacent to an activating group) is 1. The number of allylic oxidation sites excluding steroid dienone is 3. The molecule has 1 rings (SSSR count). The Morgan fingerprint density at radius 2 is 1.86 bits per heavy atom. The van der Waals surface area contributed by atoms with Crippen LogP contribution in [0.2, 0.25) is 0 Å². The van der Waals surface area contributed by atoms with Crippen LogP contribution in [0, 0.1) is 5.92 Å². The van der Waals surface area contributed by atoms with Gasteiger partial charge >= 0.3 is 0 Å². The molecular formula is C20H32N2. The molecule has 0 spiro atoms. The van der Waals surface area contributed by atoms with Gasteiger partial charge in [0.05, 0.1) is 6.04 Å². The van der Waals surface area contributed by atoms with E-state index in [1.165, 1.54) is 16.7 Å². The van der Waals surface area contributed by atoms with Crippen molar-refractivity contribution in [2.24, 2.45) is 5.92 Å². The average Bonchev–Trinajstić information content (AvgIpc) is 2.45. The second-order valence-corrected chi connectivity index (χ2v) is 6.73. The molecule has 0 fully saturated rings. The van der Waals surface area contributed by atoms with E-state index >= 15 is 0 Å². The molecule has 22 heavy (non-hydrogen) atoms. The minimum absolute atomic E-state index is 0.228. The van der Waals surface area contributed by atoms with Crippen molar-refractivity contribution in [2.75, 3.05) is 7.05 Å². The largest absolute Gasteiger partial charge is 0.380 e. The molecular weight excluding hydrogens is 268 g/mol. The smallest absolute Gasteiger partial charge is 0.0554 e. The zero-order valence-electron chi connectivity index (χ0n) is 14.9. The highest BCUT2D eigenvalue weighted by molar-refractivity contribution is 5.46. The maximum atomic E-state index is 4.31. The van der Waals surface area contributed by atoms with Crippen molar-refractivity contribution >= 4 is 0 Å². The first-order chi connectivity index (χ1) is 10.3. The van der Waals surface area contributed by atoms with Crippen LogP contribution in [-0.4, -0.2) is 19.1 Å². The molecule has 0 radical (unpaired) electrons. The summed E-state index contributed by atoms with van der Waals surface area (Å²) in [5.74, 6) is 0.611. The number of rotatable bonds is 8. The van der Waals surface area contributed by atoms with E-state index < -0.39 is 0 Å². The van der Waals surface area contributed by atoms with Crippen LogP contribution in [-0.2, 0) is 0 Å². The van der Waals surface area contributed by atoms with Gasteiger partial charge in [-0.2, -0.15) is 0 Å². The van der Waals surface area contributed by atoms with Crippen molar-refractivity contribution in [1.29, 1.82) is 0 Å². The molecule has 2 heteroatoms. The zero-order chi connectivity index (χ0) is 16.9. The third kappa shape index (κ3) is 5.03. The van der Waals surface area contributed by atoms with Gasteiger partial charge in [-0.05, 0) is 56.4 Å². The monoisotopic (exact) mass is 300 g/mol. The van der Waals surface area contributed by atoms with E-state index in [1.54, 1.807) is 0 Å². The summed E-state index contributed by atoms with van der Waals surface area (Å²) in [5.41, 5.74) is 5.95. The lowest BCUT2D eigenvalue weighted by Crippen LogP contribution is -2.39. The molecule has 0 saturated carbocycles. The van der Waals surface area contributed by atoms with Gasteiger partial charge in [0.2, 0.25) is 0 Å². The Morgan fingerprint density at radius 1 is 1.23 bits per heavy atom. The molecule has 0 bridgehead atoms. The standard InChI is InChI=1S/C20H32N2/c1-13(2)11-15(5)19-10-9-18(14(3)4)12-20(19)22-17(7)16(6)21-8/h9-10,13,16,20-22H,3,5,7,11-12H2,1-2,4,6,8H3. The Hall–Kier alpha value is -1.54. The highest BCUT2D eigenvalue weighted by Gasteiger charge is 2.23. The van der Waals surface area contributed by atoms with E-state index in [4.69, 9.17) is 0 Å². The quantitative estimate of drug-likeness (QED) is 0.689. The second-order valence-electron chi connectivity index (χ2n) is 6.73. The minimum Gasteiger partial charge on any atom is -0.380 e. The molecule has 0 aromatic carbocycles. The Bertz CT molecular complexity index is 506. The molecule has 2 N–H and O–H groups in total. The average molecular weight is 300 g/mol. The van der Waals surface area contributed by atoms with Crippen LogP contribution in [0.5, 0.6) is 0 Å². The molecule has 0 saturated heterocycles. The third-order valence-corrected chi connectivity index (χ3v) is 4.19. The van der Waals surface area contributed by atoms with E-state index in [0.29, 0.717) is 5.92 Å². The number of hydrogen-bond donors (Lipinski definition) is 2. The van der Waals surface area contributed by atoms with Crippen molar-refractivity contribution < 1.29 is 0 Å². The van der Waals surface area contributed by atoms with Crippen LogP contribution >= 0.6 is 0 Å². The third-order valence-electron chi connectivity index (χ3n) is 4.19. The fourth-order valence-corrected chi connectivity index (χ4v) is 2.65. The van der Waals surface area contributed by atoms with Gasteiger partial charge in [-0.25, -0.2) is 0 Å². The second kappa shape index (κ2) is 8.19. The molecule has 2 atom stereocenters. The number of nitrogens with one attached hydrogen (secondary N) is 2. The molecule has 2 nitrogen and oxygen atoms in total. The summed E-state index contributed by atoms with van der Waals surface area (Å²) in [7, 11) is 1.95. The van der Waals surface area contributed by atoms with Crippen LogP contribution in [0.4, 0.5) is 0 Å². The van der Waals surface area contributed by atoms with Gasteiger partial charge in [-0.15, -0.1) is 0 Å². The van der Waals surface area contributed by atoms with E-state index in [1.807, 2.05) is 7.05 Å². The summed E-state index contributed by atoms with van der Waals surface area (Å²) in [6.07, 6.45) is 6.35. The predicted molar refractivity (Wildman–Crippen MR) is 98.8 cm³/mol. The Kier molecular flexibility index (Phi) is 6.89. The van der Waals surface area contributed by atoms with Crippen LogP contribution in [0.25, 0.3) is 0 Å². The van der Waals surface area contributed by atoms with Gasteiger partial charge in [-0.3, -0.25) is 0 Å². The molecule has 122 valence electrons. The lowest BCUT2D eigenvalue weighted by molar-refractivity contribution is 0.555. The maximum Gasteiger partial charge on any atom is 0.0554 e. The predicted octanol–water partition coefficient (Wildman–Crippen LogP) is 4.50. The molecule has 0 aliphatic heterocycles. The SMILES string of the molecule is C=C(C)C1=CC=C(C(=C)CC(C)C)C(NC(=C)C(C)NC)C1. The minimum atomic E-state index is 0.228. The molecule has 1 aliphatic carbocycles. The fraction of sp³-hybridized carbons (Fsp3) is 0.500. The van der Waals surface area contributed by atoms with Crippen molar-refractivity contribution in [3.05, 3.63) is 59.9 Å². The van der Waals surface area contributed by atoms with Crippen molar-refractivity contribution in [3.63, 3.8) is 0 Å². The summed E-state index contributed by atoms with van der Waals surface area (Å²) < 4.78 is 0. The van der Waals surface area contributed by atoms with Gasteiger partial charge < -0.3 is 10.6 Å². The van der Waals surface area contributed by atoms with E-state index in [2.05, 4.69) is 70.2 Å². The molecule has 2 unspecified atom stereocenters. The van der Waals surface area contributed by atoms with Crippen LogP contribution < -0.4 is 10.6 Å². The van der Waals surface area contributed by atoms with E-state index in [0.717, 1.165) is 24.1 Å². The molecule has 0 aromatic rings. The van der Waals surface area contributed by atoms with Crippen LogP contribution in [0.3, 0.4) is 0 Å². The van der Waals surface area contributed by atoms with Gasteiger partial charge in [0.15, 0.2) is 0 Å². The molecule has 0 aromatic heterocycles. The summed E-state index contributed by atoms with van der Waals surface area (Å²) in [6.45, 7) is 21.2. The Labute approximate surface area is 136 Å². The van der Waals surface area contributed by atoms with Crippen LogP contribution in [0.1, 0.15) is 40.5 Å². The lowest BCUT2D eigenvalue weighted by Gasteiger charge is -2.31. The molecule has 0 amide bonds. The Morgan fingerprint density at radius 3 is 2.36 bits per heavy atom. The Balaban J connectivity index is 2.97. The highest BCUT2D eigenvalue weighted by Crippen LogP contribution is 2.30. The lowest BCUT2D eigenvalue weighted by atomic mass is 9.84. The first kappa shape index (κ1) is 18.5. The van der Waals surface area contributed by atoms with Gasteiger partial charge in [-0.1, -0.05) is 51.3 Å². The maximum absolute atomic E-state index is 4.31. The molecule has 1 aliphatic rings. The van der Waals surface area contributed by atoms with Crippen LogP contribution in [0.15, 0.2) is 59.9 Å². The van der Waals surface area contributed by atoms with E-state index in [9.17, 15) is 0 Å². The summed E-state index contributed by atoms with van der Waals surface area (Å²) >= 11 is 0. The topological polar surface area (TPSA) is 24.1 Å². The number of hydrogen-bond acceptors (Lipinski definition) is 2. The molecule has 0 heterocycles. The van der Waals surface area contributed by atoms with Gasteiger partial charge in [0, 0.05) is 11.7 Å². The zero-order valence-corrected chi connectivity index (χ0v) is 14.9. The van der Waals surface area contributed by atoms with Crippen molar-refractivity contribution in [3.8, 4) is 0 Å². The summed E-state index contributed by atoms with van der Waals surface area (Å²) in [6, 6.07) is 0.463. The highest BCUT2D eigenvalue weighted by atomic mass is 15.0. The first-order valence-electron chi connectivity index (χ1n) is 8.13. The fourth-order valence-electron chi connectivity index (χ4n) is 2.65. The summed E-state index contributed by atoms with van der Waals surface area (Å²) in [4.78, 5) is 0. The normalized spacial score (nSPS) is 19.3.